The van der Waals surface area contributed by atoms with Crippen LogP contribution in [0.4, 0.5) is 0 Å². The topological polar surface area (TPSA) is 55.1 Å². The monoisotopic (exact) mass is 226 g/mol. The van der Waals surface area contributed by atoms with E-state index in [1.54, 1.807) is 0 Å². The van der Waals surface area contributed by atoms with Gasteiger partial charge in [-0.3, -0.25) is 4.79 Å². The molecule has 1 rings (SSSR count). The summed E-state index contributed by atoms with van der Waals surface area (Å²) < 4.78 is 0. The molecule has 0 aromatic rings. The minimum atomic E-state index is -0.327. The van der Waals surface area contributed by atoms with E-state index in [9.17, 15) is 4.79 Å². The first kappa shape index (κ1) is 13.5. The van der Waals surface area contributed by atoms with E-state index in [-0.39, 0.29) is 11.9 Å². The van der Waals surface area contributed by atoms with Gasteiger partial charge in [0.1, 0.15) is 0 Å². The van der Waals surface area contributed by atoms with Crippen molar-refractivity contribution in [2.75, 3.05) is 6.54 Å². The van der Waals surface area contributed by atoms with Gasteiger partial charge in [-0.25, -0.2) is 0 Å². The van der Waals surface area contributed by atoms with Crippen LogP contribution >= 0.6 is 0 Å². The Balaban J connectivity index is 2.09. The second-order valence-electron chi connectivity index (χ2n) is 5.22. The van der Waals surface area contributed by atoms with Gasteiger partial charge >= 0.3 is 0 Å². The Morgan fingerprint density at radius 3 is 2.56 bits per heavy atom. The van der Waals surface area contributed by atoms with E-state index in [1.165, 1.54) is 25.7 Å². The highest BCUT2D eigenvalue weighted by Gasteiger charge is 2.18. The fraction of sp³-hybridized carbons (Fsp3) is 0.923. The van der Waals surface area contributed by atoms with Gasteiger partial charge in [-0.1, -0.05) is 39.5 Å². The van der Waals surface area contributed by atoms with E-state index in [2.05, 4.69) is 12.2 Å². The van der Waals surface area contributed by atoms with Crippen molar-refractivity contribution in [1.82, 2.24) is 5.32 Å². The molecule has 16 heavy (non-hydrogen) atoms. The van der Waals surface area contributed by atoms with Crippen molar-refractivity contribution in [1.29, 1.82) is 0 Å². The van der Waals surface area contributed by atoms with Crippen LogP contribution < -0.4 is 11.1 Å². The summed E-state index contributed by atoms with van der Waals surface area (Å²) in [5.74, 6) is 1.72. The molecule has 3 heteroatoms. The van der Waals surface area contributed by atoms with Gasteiger partial charge in [0.2, 0.25) is 5.91 Å². The molecule has 94 valence electrons. The standard InChI is InChI=1S/C13H26N2O/c1-3-12(14)13(16)15-9-8-11-6-4-10(2)5-7-11/h10-12H,3-9,14H2,1-2H3,(H,15,16)/t10?,11?,12-/m1/s1. The van der Waals surface area contributed by atoms with Crippen LogP contribution in [0.25, 0.3) is 0 Å². The first-order valence-corrected chi connectivity index (χ1v) is 6.66. The summed E-state index contributed by atoms with van der Waals surface area (Å²) >= 11 is 0. The quantitative estimate of drug-likeness (QED) is 0.754. The van der Waals surface area contributed by atoms with E-state index in [0.29, 0.717) is 6.42 Å². The second kappa shape index (κ2) is 6.89. The summed E-state index contributed by atoms with van der Waals surface area (Å²) in [4.78, 5) is 11.4. The van der Waals surface area contributed by atoms with Crippen LogP contribution in [0.1, 0.15) is 52.4 Å². The number of carbonyl (C=O) groups is 1. The molecule has 3 N–H and O–H groups in total. The highest BCUT2D eigenvalue weighted by molar-refractivity contribution is 5.81. The Labute approximate surface area is 99.2 Å². The Morgan fingerprint density at radius 2 is 2.00 bits per heavy atom. The van der Waals surface area contributed by atoms with Crippen molar-refractivity contribution in [3.05, 3.63) is 0 Å². The van der Waals surface area contributed by atoms with Gasteiger partial charge in [-0.2, -0.15) is 0 Å². The predicted octanol–water partition coefficient (Wildman–Crippen LogP) is 2.06. The molecule has 1 saturated carbocycles. The number of amides is 1. The van der Waals surface area contributed by atoms with Gasteiger partial charge in [0, 0.05) is 6.54 Å². The highest BCUT2D eigenvalue weighted by atomic mass is 16.2. The lowest BCUT2D eigenvalue weighted by atomic mass is 9.81. The number of rotatable bonds is 5. The average Bonchev–Trinajstić information content (AvgIpc) is 2.30. The first-order chi connectivity index (χ1) is 7.63. The lowest BCUT2D eigenvalue weighted by molar-refractivity contribution is -0.122. The third kappa shape index (κ3) is 4.52. The van der Waals surface area contributed by atoms with E-state index in [4.69, 9.17) is 5.73 Å². The molecule has 0 saturated heterocycles. The lowest BCUT2D eigenvalue weighted by Crippen LogP contribution is -2.40. The maximum atomic E-state index is 11.4. The van der Waals surface area contributed by atoms with Crippen LogP contribution in [0.15, 0.2) is 0 Å². The van der Waals surface area contributed by atoms with Gasteiger partial charge < -0.3 is 11.1 Å². The molecular weight excluding hydrogens is 200 g/mol. The van der Waals surface area contributed by atoms with E-state index in [0.717, 1.165) is 24.8 Å². The highest BCUT2D eigenvalue weighted by Crippen LogP contribution is 2.29. The van der Waals surface area contributed by atoms with Gasteiger partial charge in [-0.05, 0) is 24.7 Å². The molecular formula is C13H26N2O. The van der Waals surface area contributed by atoms with Crippen LogP contribution in [0.5, 0.6) is 0 Å². The fourth-order valence-corrected chi connectivity index (χ4v) is 2.33. The Morgan fingerprint density at radius 1 is 1.38 bits per heavy atom. The van der Waals surface area contributed by atoms with Crippen molar-refractivity contribution in [2.45, 2.75) is 58.4 Å². The fourth-order valence-electron chi connectivity index (χ4n) is 2.33. The number of nitrogens with two attached hydrogens (primary N) is 1. The van der Waals surface area contributed by atoms with Crippen LogP contribution in [0.3, 0.4) is 0 Å². The third-order valence-electron chi connectivity index (χ3n) is 3.76. The summed E-state index contributed by atoms with van der Waals surface area (Å²) in [6.07, 6.45) is 7.20. The Kier molecular flexibility index (Phi) is 5.81. The van der Waals surface area contributed by atoms with E-state index >= 15 is 0 Å². The summed E-state index contributed by atoms with van der Waals surface area (Å²) in [6.45, 7) is 5.07. The normalized spacial score (nSPS) is 27.4. The molecule has 1 amide bonds. The Hall–Kier alpha value is -0.570. The van der Waals surface area contributed by atoms with E-state index < -0.39 is 0 Å². The van der Waals surface area contributed by atoms with Crippen LogP contribution in [-0.2, 0) is 4.79 Å². The number of nitrogens with one attached hydrogen (secondary N) is 1. The molecule has 0 heterocycles. The lowest BCUT2D eigenvalue weighted by Gasteiger charge is -2.26. The molecule has 0 aliphatic heterocycles. The van der Waals surface area contributed by atoms with Gasteiger partial charge in [-0.15, -0.1) is 0 Å². The molecule has 3 nitrogen and oxygen atoms in total. The average molecular weight is 226 g/mol. The third-order valence-corrected chi connectivity index (χ3v) is 3.76. The van der Waals surface area contributed by atoms with Crippen molar-refractivity contribution < 1.29 is 4.79 Å². The molecule has 1 aliphatic carbocycles. The van der Waals surface area contributed by atoms with Gasteiger partial charge in [0.25, 0.3) is 0 Å². The summed E-state index contributed by atoms with van der Waals surface area (Å²) in [5, 5.41) is 2.93. The molecule has 1 aliphatic rings. The molecule has 0 aromatic heterocycles. The number of hydrogen-bond donors (Lipinski definition) is 2. The minimum absolute atomic E-state index is 0.00618. The number of carbonyl (C=O) groups excluding carboxylic acids is 1. The first-order valence-electron chi connectivity index (χ1n) is 6.66. The van der Waals surface area contributed by atoms with Crippen LogP contribution in [0, 0.1) is 11.8 Å². The van der Waals surface area contributed by atoms with Gasteiger partial charge in [0.15, 0.2) is 0 Å². The molecule has 0 spiro atoms. The zero-order chi connectivity index (χ0) is 12.0. The summed E-state index contributed by atoms with van der Waals surface area (Å²) in [6, 6.07) is -0.327. The molecule has 0 bridgehead atoms. The molecule has 0 radical (unpaired) electrons. The van der Waals surface area contributed by atoms with Crippen LogP contribution in [0.2, 0.25) is 0 Å². The predicted molar refractivity (Wildman–Crippen MR) is 67.0 cm³/mol. The van der Waals surface area contributed by atoms with Crippen molar-refractivity contribution in [3.63, 3.8) is 0 Å². The second-order valence-corrected chi connectivity index (χ2v) is 5.22. The zero-order valence-electron chi connectivity index (χ0n) is 10.7. The minimum Gasteiger partial charge on any atom is -0.355 e. The summed E-state index contributed by atoms with van der Waals surface area (Å²) in [5.41, 5.74) is 5.64. The van der Waals surface area contributed by atoms with Crippen molar-refractivity contribution in [2.24, 2.45) is 17.6 Å². The SMILES string of the molecule is CC[C@@H](N)C(=O)NCCC1CCC(C)CC1. The largest absolute Gasteiger partial charge is 0.355 e. The van der Waals surface area contributed by atoms with Crippen molar-refractivity contribution in [3.8, 4) is 0 Å². The molecule has 0 aromatic carbocycles. The van der Waals surface area contributed by atoms with E-state index in [1.807, 2.05) is 6.92 Å². The zero-order valence-corrected chi connectivity index (χ0v) is 10.7. The van der Waals surface area contributed by atoms with Crippen LogP contribution in [-0.4, -0.2) is 18.5 Å². The maximum absolute atomic E-state index is 11.4. The smallest absolute Gasteiger partial charge is 0.236 e. The molecule has 1 atom stereocenters. The molecule has 0 unspecified atom stereocenters. The maximum Gasteiger partial charge on any atom is 0.236 e. The van der Waals surface area contributed by atoms with Gasteiger partial charge in [0.05, 0.1) is 6.04 Å². The van der Waals surface area contributed by atoms with Crippen molar-refractivity contribution >= 4 is 5.91 Å². The Bertz CT molecular complexity index is 210. The summed E-state index contributed by atoms with van der Waals surface area (Å²) in [7, 11) is 0. The number of hydrogen-bond acceptors (Lipinski definition) is 2. The molecule has 1 fully saturated rings.